The predicted molar refractivity (Wildman–Crippen MR) is 132 cm³/mol. The Morgan fingerprint density at radius 2 is 1.52 bits per heavy atom. The molecule has 0 saturated carbocycles. The number of aromatic nitrogens is 2. The summed E-state index contributed by atoms with van der Waals surface area (Å²) in [6.07, 6.45) is 4.11. The minimum atomic E-state index is -2.61. The third-order valence-electron chi connectivity index (χ3n) is 5.69. The smallest absolute Gasteiger partial charge is 0.308 e. The number of pyridine rings is 1. The number of benzene rings is 3. The van der Waals surface area contributed by atoms with Gasteiger partial charge in [-0.25, -0.2) is 0 Å². The Bertz CT molecular complexity index is 1630. The number of fused-ring (bicyclic) bond motifs is 2. The Hall–Kier alpha value is -3.97. The lowest BCUT2D eigenvalue weighted by atomic mass is 9.97. The maximum atomic E-state index is 12.6. The zero-order valence-electron chi connectivity index (χ0n) is 18.3. The molecule has 3 aromatic carbocycles. The van der Waals surface area contributed by atoms with Gasteiger partial charge in [0.1, 0.15) is 0 Å². The molecule has 7 heteroatoms. The Balaban J connectivity index is 0.000000601. The lowest BCUT2D eigenvalue weighted by molar-refractivity contribution is 0.620. The molecule has 0 atom stereocenters. The first-order valence-corrected chi connectivity index (χ1v) is 11.5. The largest absolute Gasteiger partial charge is 0.343 e. The van der Waals surface area contributed by atoms with Crippen LogP contribution in [0.1, 0.15) is 11.1 Å². The van der Waals surface area contributed by atoms with Crippen molar-refractivity contribution in [3.05, 3.63) is 107 Å². The van der Waals surface area contributed by atoms with Gasteiger partial charge < -0.3 is 9.13 Å². The number of aryl methyl sites for hydroxylation is 2. The lowest BCUT2D eigenvalue weighted by Gasteiger charge is -2.12. The van der Waals surface area contributed by atoms with Crippen LogP contribution in [0.5, 0.6) is 0 Å². The molecule has 33 heavy (non-hydrogen) atoms. The third kappa shape index (κ3) is 4.63. The van der Waals surface area contributed by atoms with E-state index in [2.05, 4.69) is 60.2 Å². The van der Waals surface area contributed by atoms with Crippen molar-refractivity contribution in [2.45, 2.75) is 13.5 Å². The van der Waals surface area contributed by atoms with Crippen molar-refractivity contribution >= 4 is 32.2 Å². The van der Waals surface area contributed by atoms with E-state index in [0.717, 1.165) is 28.4 Å². The number of nitrogens with zero attached hydrogens (tertiary/aromatic N) is 2. The Kier molecular flexibility index (Phi) is 6.24. The van der Waals surface area contributed by atoms with Crippen LogP contribution in [0.2, 0.25) is 0 Å². The average Bonchev–Trinajstić information content (AvgIpc) is 3.20. The average molecular weight is 458 g/mol. The number of rotatable bonds is 3. The summed E-state index contributed by atoms with van der Waals surface area (Å²) in [5.41, 5.74) is 5.98. The monoisotopic (exact) mass is 457 g/mol. The second-order valence-electron chi connectivity index (χ2n) is 7.89. The molecule has 0 aliphatic heterocycles. The molecule has 0 spiro atoms. The summed E-state index contributed by atoms with van der Waals surface area (Å²) in [6.45, 7) is 2.99. The van der Waals surface area contributed by atoms with Crippen LogP contribution < -0.4 is 5.56 Å². The molecule has 0 unspecified atom stereocenters. The second kappa shape index (κ2) is 9.26. The fourth-order valence-corrected chi connectivity index (χ4v) is 4.20. The highest BCUT2D eigenvalue weighted by Crippen LogP contribution is 2.32. The van der Waals surface area contributed by atoms with Gasteiger partial charge in [0.25, 0.3) is 5.56 Å². The van der Waals surface area contributed by atoms with E-state index in [1.807, 2.05) is 43.6 Å². The molecule has 6 nitrogen and oxygen atoms in total. The Morgan fingerprint density at radius 3 is 2.21 bits per heavy atom. The van der Waals surface area contributed by atoms with Crippen LogP contribution in [0.3, 0.4) is 0 Å². The summed E-state index contributed by atoms with van der Waals surface area (Å²) in [6, 6.07) is 25.0. The van der Waals surface area contributed by atoms with Crippen LogP contribution in [-0.2, 0) is 24.1 Å². The minimum absolute atomic E-state index is 0.0367. The molecule has 2 aromatic heterocycles. The lowest BCUT2D eigenvalue weighted by Crippen LogP contribution is -2.16. The molecule has 0 saturated heterocycles. The van der Waals surface area contributed by atoms with Crippen LogP contribution >= 0.6 is 0 Å². The molecule has 0 fully saturated rings. The van der Waals surface area contributed by atoms with E-state index < -0.39 is 10.5 Å². The van der Waals surface area contributed by atoms with Crippen LogP contribution in [0.15, 0.2) is 90.0 Å². The van der Waals surface area contributed by atoms with E-state index in [1.54, 1.807) is 4.57 Å². The molecule has 5 aromatic rings. The molecule has 5 rings (SSSR count). The van der Waals surface area contributed by atoms with Crippen molar-refractivity contribution in [1.82, 2.24) is 9.13 Å². The fraction of sp³-hybridized carbons (Fsp3) is 0.115. The summed E-state index contributed by atoms with van der Waals surface area (Å²) in [7, 11) is -0.790. The van der Waals surface area contributed by atoms with Crippen LogP contribution in [0.25, 0.3) is 32.8 Å². The van der Waals surface area contributed by atoms with Crippen LogP contribution in [-0.4, -0.2) is 17.6 Å². The highest BCUT2D eigenvalue weighted by Gasteiger charge is 2.12. The summed E-state index contributed by atoms with van der Waals surface area (Å²) in [5, 5.41) is 3.01. The third-order valence-corrected chi connectivity index (χ3v) is 5.69. The fourth-order valence-electron chi connectivity index (χ4n) is 4.20. The molecule has 0 aliphatic rings. The van der Waals surface area contributed by atoms with E-state index in [4.69, 9.17) is 13.2 Å². The van der Waals surface area contributed by atoms with Crippen molar-refractivity contribution in [3.8, 4) is 11.1 Å². The number of hydrogen-bond acceptors (Lipinski definition) is 4. The highest BCUT2D eigenvalue weighted by molar-refractivity contribution is 7.60. The summed E-state index contributed by atoms with van der Waals surface area (Å²) in [5.74, 6) is 0. The summed E-state index contributed by atoms with van der Waals surface area (Å²) < 4.78 is 26.8. The Morgan fingerprint density at radius 1 is 0.879 bits per heavy atom. The first-order chi connectivity index (χ1) is 15.8. The van der Waals surface area contributed by atoms with E-state index >= 15 is 0 Å². The van der Waals surface area contributed by atoms with Gasteiger partial charge in [-0.15, -0.1) is 0 Å². The van der Waals surface area contributed by atoms with Crippen molar-refractivity contribution < 1.29 is 8.42 Å². The number of hydrogen-bond donors (Lipinski definition) is 1. The summed E-state index contributed by atoms with van der Waals surface area (Å²) in [4.78, 5) is 12.6. The van der Waals surface area contributed by atoms with Gasteiger partial charge in [0.15, 0.2) is 0 Å². The molecular formula is C26H23N3O3S. The quantitative estimate of drug-likeness (QED) is 0.407. The van der Waals surface area contributed by atoms with E-state index in [1.165, 1.54) is 22.0 Å². The maximum Gasteiger partial charge on any atom is 0.308 e. The topological polar surface area (TPSA) is 84.9 Å². The van der Waals surface area contributed by atoms with Gasteiger partial charge >= 0.3 is 10.5 Å². The summed E-state index contributed by atoms with van der Waals surface area (Å²) >= 11 is 0. The van der Waals surface area contributed by atoms with Crippen molar-refractivity contribution in [2.24, 2.45) is 7.05 Å². The molecular weight excluding hydrogens is 434 g/mol. The molecule has 1 N–H and O–H groups in total. The van der Waals surface area contributed by atoms with Gasteiger partial charge in [0.05, 0.1) is 0 Å². The van der Waals surface area contributed by atoms with Gasteiger partial charge in [-0.05, 0) is 47.2 Å². The van der Waals surface area contributed by atoms with Crippen molar-refractivity contribution in [2.75, 3.05) is 0 Å². The highest BCUT2D eigenvalue weighted by atomic mass is 32.2. The zero-order valence-corrected chi connectivity index (χ0v) is 19.1. The van der Waals surface area contributed by atoms with Gasteiger partial charge in [0, 0.05) is 47.8 Å². The van der Waals surface area contributed by atoms with Gasteiger partial charge in [-0.1, -0.05) is 54.6 Å². The second-order valence-corrected chi connectivity index (χ2v) is 8.36. The molecule has 0 aliphatic carbocycles. The first-order valence-electron chi connectivity index (χ1n) is 10.4. The van der Waals surface area contributed by atoms with Crippen molar-refractivity contribution in [3.63, 3.8) is 0 Å². The molecule has 166 valence electrons. The minimum Gasteiger partial charge on any atom is -0.343 e. The van der Waals surface area contributed by atoms with Gasteiger partial charge in [-0.2, -0.15) is 13.2 Å². The van der Waals surface area contributed by atoms with Crippen LogP contribution in [0.4, 0.5) is 0 Å². The van der Waals surface area contributed by atoms with E-state index in [9.17, 15) is 4.79 Å². The molecule has 0 amide bonds. The predicted octanol–water partition coefficient (Wildman–Crippen LogP) is 5.14. The van der Waals surface area contributed by atoms with Crippen LogP contribution in [0, 0.1) is 11.7 Å². The maximum absolute atomic E-state index is 12.6. The molecule has 0 radical (unpaired) electrons. The van der Waals surface area contributed by atoms with E-state index in [-0.39, 0.29) is 5.56 Å². The molecule has 0 bridgehead atoms. The molecule has 2 heterocycles. The number of nitrogens with one attached hydrogen (secondary N) is 1. The Labute approximate surface area is 192 Å². The van der Waals surface area contributed by atoms with E-state index in [0.29, 0.717) is 0 Å². The van der Waals surface area contributed by atoms with Crippen molar-refractivity contribution in [1.29, 1.82) is 4.78 Å². The standard InChI is InChI=1S/C26H22N2O.HNO2S/c1-18-14-20(24-17-27(2)26(29)23-11-7-6-10-22(23)24)15-25-21(18)12-13-28(25)16-19-8-4-3-5-9-19;1-4(2)3/h3-15,17H,16H2,1-2H3;1H. The normalized spacial score (nSPS) is 10.7. The van der Waals surface area contributed by atoms with Gasteiger partial charge in [0.2, 0.25) is 0 Å². The zero-order chi connectivity index (χ0) is 23.5. The SMILES string of the molecule is Cc1cc(-c2cn(C)c(=O)c3ccccc23)cc2c1ccn2Cc1ccccc1.N=S(=O)=O. The first kappa shape index (κ1) is 22.2. The van der Waals surface area contributed by atoms with Gasteiger partial charge in [-0.3, -0.25) is 4.79 Å².